The third-order valence-electron chi connectivity index (χ3n) is 15.3. The molecule has 5 heterocycles. The number of carbonyl (C=O) groups is 3. The summed E-state index contributed by atoms with van der Waals surface area (Å²) in [6.07, 6.45) is 11.9. The maximum Gasteiger partial charge on any atom is 0.319 e. The fourth-order valence-electron chi connectivity index (χ4n) is 10.8. The Balaban J connectivity index is 0.000000328. The van der Waals surface area contributed by atoms with Gasteiger partial charge in [0.15, 0.2) is 5.82 Å². The van der Waals surface area contributed by atoms with Crippen LogP contribution in [0.25, 0.3) is 44.1 Å². The molecule has 5 atom stereocenters. The van der Waals surface area contributed by atoms with Gasteiger partial charge < -0.3 is 45.6 Å². The van der Waals surface area contributed by atoms with Crippen LogP contribution in [0.3, 0.4) is 0 Å². The van der Waals surface area contributed by atoms with E-state index in [2.05, 4.69) is 41.6 Å². The van der Waals surface area contributed by atoms with Crippen LogP contribution in [0.5, 0.6) is 11.8 Å². The van der Waals surface area contributed by atoms with Crippen LogP contribution < -0.4 is 25.6 Å². The van der Waals surface area contributed by atoms with E-state index in [4.69, 9.17) is 16.1 Å². The predicted octanol–water partition coefficient (Wildman–Crippen LogP) is 7.79. The third-order valence-corrected chi connectivity index (χ3v) is 15.3. The minimum atomic E-state index is -0.777. The number of rotatable bonds is 16. The number of pyridine rings is 1. The number of anilines is 1. The van der Waals surface area contributed by atoms with Gasteiger partial charge in [-0.3, -0.25) is 19.4 Å². The zero-order valence-electron chi connectivity index (χ0n) is 44.4. The molecule has 10 rings (SSSR count). The molecule has 2 aromatic heterocycles. The monoisotopic (exact) mass is 1070 g/mol. The molecule has 3 saturated heterocycles. The highest BCUT2D eigenvalue weighted by Gasteiger charge is 2.45. The number of ether oxygens (including phenoxy) is 1. The van der Waals surface area contributed by atoms with Gasteiger partial charge in [0.1, 0.15) is 46.3 Å². The Hall–Kier alpha value is -7.40. The molecule has 2 bridgehead atoms. The number of aromatic hydroxyl groups is 1. The van der Waals surface area contributed by atoms with Crippen molar-refractivity contribution in [3.05, 3.63) is 107 Å². The summed E-state index contributed by atoms with van der Waals surface area (Å²) < 4.78 is 65.5. The summed E-state index contributed by atoms with van der Waals surface area (Å²) in [6, 6.07) is 15.7. The average Bonchev–Trinajstić information content (AvgIpc) is 4.00. The lowest BCUT2D eigenvalue weighted by Gasteiger charge is -2.34. The lowest BCUT2D eigenvalue weighted by Crippen LogP contribution is -2.54. The van der Waals surface area contributed by atoms with Crippen LogP contribution in [0.15, 0.2) is 72.9 Å². The molecule has 78 heavy (non-hydrogen) atoms. The fourth-order valence-corrected chi connectivity index (χ4v) is 10.8. The number of aliphatic hydroxyl groups excluding tert-OH is 1. The molecule has 6 aromatic rings. The summed E-state index contributed by atoms with van der Waals surface area (Å²) in [4.78, 5) is 56.7. The summed E-state index contributed by atoms with van der Waals surface area (Å²) in [5, 5.41) is 30.9. The molecule has 5 unspecified atom stereocenters. The van der Waals surface area contributed by atoms with Crippen LogP contribution in [0, 0.1) is 46.4 Å². The summed E-state index contributed by atoms with van der Waals surface area (Å²) in [5.41, 5.74) is 0.473. The molecule has 5 N–H and O–H groups in total. The van der Waals surface area contributed by atoms with Gasteiger partial charge in [0.25, 0.3) is 0 Å². The molecule has 3 aliphatic heterocycles. The van der Waals surface area contributed by atoms with Gasteiger partial charge in [0, 0.05) is 80.3 Å². The number of nitrogens with one attached hydrogen (secondary N) is 3. The zero-order chi connectivity index (χ0) is 55.6. The molecule has 19 heteroatoms. The minimum absolute atomic E-state index is 0.0160. The maximum atomic E-state index is 17.0. The minimum Gasteiger partial charge on any atom is -0.508 e. The van der Waals surface area contributed by atoms with Crippen molar-refractivity contribution in [2.24, 2.45) is 10.8 Å². The first-order valence-corrected chi connectivity index (χ1v) is 26.4. The van der Waals surface area contributed by atoms with Gasteiger partial charge in [-0.15, -0.1) is 6.42 Å². The second-order valence-corrected chi connectivity index (χ2v) is 22.3. The highest BCUT2D eigenvalue weighted by Crippen LogP contribution is 2.47. The smallest absolute Gasteiger partial charge is 0.319 e. The van der Waals surface area contributed by atoms with Gasteiger partial charge in [0.2, 0.25) is 18.2 Å². The third kappa shape index (κ3) is 12.2. The van der Waals surface area contributed by atoms with Crippen molar-refractivity contribution >= 4 is 45.7 Å². The van der Waals surface area contributed by atoms with Gasteiger partial charge in [-0.2, -0.15) is 9.97 Å². The van der Waals surface area contributed by atoms with Crippen LogP contribution in [-0.2, 0) is 14.4 Å². The standard InChI is InChI=1S/C44H52F2N8O5.C15H13F2NO/c1-6-30-33(45)10-7-25-17-29(56)18-31(35(25)30)37-36(46)38-32(19-47-37)40(54-20-26-8-9-27(21-54)48-26)51-42(50-38)59-24-44(13-14-44)23-52(5)15-12-34(57)49-39(43(2,3)4)41(58)53-16-11-28(55)22-53;1-10(18-9-19)11-5-7-12(8-6-11)15-13(16)3-2-4-14(15)17/h1,7,10,17-19,26-28,39,48,55-56H,8-9,11-16,20-24H2,2-5H3,(H,49,57);2-10H,1H3,(H,18,19). The quantitative estimate of drug-likeness (QED) is 0.0361. The lowest BCUT2D eigenvalue weighted by molar-refractivity contribution is -0.139. The number of likely N-dealkylation sites (tertiary alicyclic amines) is 1. The number of aliphatic hydroxyl groups is 1. The van der Waals surface area contributed by atoms with Crippen molar-refractivity contribution < 1.29 is 46.9 Å². The number of hydrogen-bond acceptors (Lipinski definition) is 12. The second-order valence-electron chi connectivity index (χ2n) is 22.3. The molecule has 4 aliphatic rings. The number of piperazine rings is 1. The second kappa shape index (κ2) is 22.9. The Labute approximate surface area is 450 Å². The number of nitrogens with zero attached hydrogens (tertiary/aromatic N) is 6. The molecule has 4 fully saturated rings. The van der Waals surface area contributed by atoms with E-state index in [-0.39, 0.29) is 100.0 Å². The SMILES string of the molecule is C#Cc1c(F)ccc2cc(O)cc(-c3ncc4c(N5CC6CCC(C5)N6)nc(OCC5(CN(C)CCC(=O)NC(C(=O)N6CCC(O)C6)C(C)(C)C)CC5)nc4c3F)c12.CC(NC=O)c1ccc(-c2c(F)cccc2F)cc1. The number of amides is 3. The molecule has 4 aromatic carbocycles. The molecular weight excluding hydrogens is 1010 g/mol. The zero-order valence-corrected chi connectivity index (χ0v) is 44.4. The van der Waals surface area contributed by atoms with Gasteiger partial charge in [0.05, 0.1) is 35.3 Å². The van der Waals surface area contributed by atoms with Crippen LogP contribution >= 0.6 is 0 Å². The van der Waals surface area contributed by atoms with E-state index in [0.29, 0.717) is 67.7 Å². The van der Waals surface area contributed by atoms with Crippen LogP contribution in [-0.4, -0.2) is 130 Å². The molecule has 0 spiro atoms. The normalized spacial score (nSPS) is 19.2. The molecule has 15 nitrogen and oxygen atoms in total. The Bertz CT molecular complexity index is 3240. The van der Waals surface area contributed by atoms with Crippen molar-refractivity contribution in [1.82, 2.24) is 40.7 Å². The van der Waals surface area contributed by atoms with E-state index in [9.17, 15) is 37.8 Å². The van der Waals surface area contributed by atoms with E-state index < -0.39 is 40.8 Å². The largest absolute Gasteiger partial charge is 0.508 e. The number of phenols is 1. The van der Waals surface area contributed by atoms with Crippen molar-refractivity contribution in [3.63, 3.8) is 0 Å². The van der Waals surface area contributed by atoms with Crippen LogP contribution in [0.1, 0.15) is 83.4 Å². The van der Waals surface area contributed by atoms with E-state index >= 15 is 4.39 Å². The highest BCUT2D eigenvalue weighted by atomic mass is 19.1. The number of carbonyl (C=O) groups excluding carboxylic acids is 3. The van der Waals surface area contributed by atoms with E-state index in [1.165, 1.54) is 48.7 Å². The predicted molar refractivity (Wildman–Crippen MR) is 289 cm³/mol. The molecular formula is C59H65F4N9O6. The Morgan fingerprint density at radius 2 is 1.69 bits per heavy atom. The summed E-state index contributed by atoms with van der Waals surface area (Å²) in [5.74, 6) is -0.271. The molecule has 1 saturated carbocycles. The Morgan fingerprint density at radius 1 is 0.987 bits per heavy atom. The summed E-state index contributed by atoms with van der Waals surface area (Å²) in [7, 11) is 1.95. The Morgan fingerprint density at radius 3 is 2.32 bits per heavy atom. The number of phenolic OH excluding ortho intramolecular Hbond substituents is 1. The lowest BCUT2D eigenvalue weighted by atomic mass is 9.85. The number of aromatic nitrogens is 3. The number of benzene rings is 4. The number of halogens is 4. The topological polar surface area (TPSA) is 185 Å². The van der Waals surface area contributed by atoms with E-state index in [0.717, 1.165) is 31.2 Å². The number of terminal acetylenes is 1. The first-order valence-electron chi connectivity index (χ1n) is 26.4. The van der Waals surface area contributed by atoms with E-state index in [1.54, 1.807) is 29.2 Å². The fraction of sp³-hybridized carbons (Fsp3) is 0.424. The van der Waals surface area contributed by atoms with Crippen molar-refractivity contribution in [1.29, 1.82) is 0 Å². The molecule has 1 aliphatic carbocycles. The van der Waals surface area contributed by atoms with Gasteiger partial charge in [-0.1, -0.05) is 63.1 Å². The number of fused-ring (bicyclic) bond motifs is 4. The first-order chi connectivity index (χ1) is 37.2. The summed E-state index contributed by atoms with van der Waals surface area (Å²) in [6.45, 7) is 11.0. The number of hydrogen-bond donors (Lipinski definition) is 5. The molecule has 410 valence electrons. The molecule has 3 amide bonds. The van der Waals surface area contributed by atoms with Crippen molar-refractivity contribution in [2.45, 2.75) is 96.5 Å². The van der Waals surface area contributed by atoms with Crippen LogP contribution in [0.4, 0.5) is 23.4 Å². The first kappa shape index (κ1) is 55.4. The van der Waals surface area contributed by atoms with Gasteiger partial charge in [-0.05, 0) is 98.3 Å². The number of β-amino-alcohol motifs (C(OH)–C–C–N with tert-alkyl or cyclic N) is 1. The van der Waals surface area contributed by atoms with Crippen molar-refractivity contribution in [3.8, 4) is 46.5 Å². The van der Waals surface area contributed by atoms with Crippen LogP contribution in [0.2, 0.25) is 0 Å². The van der Waals surface area contributed by atoms with Gasteiger partial charge in [-0.25, -0.2) is 17.6 Å². The average molecular weight is 1070 g/mol. The Kier molecular flexibility index (Phi) is 16.3. The highest BCUT2D eigenvalue weighted by molar-refractivity contribution is 6.03. The van der Waals surface area contributed by atoms with Crippen molar-refractivity contribution in [2.75, 3.05) is 57.8 Å². The summed E-state index contributed by atoms with van der Waals surface area (Å²) >= 11 is 0. The van der Waals surface area contributed by atoms with Gasteiger partial charge >= 0.3 is 6.01 Å². The van der Waals surface area contributed by atoms with E-state index in [1.807, 2.05) is 34.7 Å². The maximum absolute atomic E-state index is 17.0. The molecule has 0 radical (unpaired) electrons.